The van der Waals surface area contributed by atoms with Crippen LogP contribution in [0.4, 0.5) is 0 Å². The predicted octanol–water partition coefficient (Wildman–Crippen LogP) is 1.33. The Morgan fingerprint density at radius 1 is 1.23 bits per heavy atom. The third-order valence-electron chi connectivity index (χ3n) is 5.53. The molecule has 0 aromatic carbocycles. The highest BCUT2D eigenvalue weighted by Gasteiger charge is 2.46. The van der Waals surface area contributed by atoms with Crippen LogP contribution in [0.15, 0.2) is 6.20 Å². The molecule has 2 saturated carbocycles. The van der Waals surface area contributed by atoms with Crippen LogP contribution in [0, 0.1) is 11.8 Å². The fourth-order valence-electron chi connectivity index (χ4n) is 4.04. The van der Waals surface area contributed by atoms with Crippen molar-refractivity contribution in [1.82, 2.24) is 19.9 Å². The molecule has 1 amide bonds. The summed E-state index contributed by atoms with van der Waals surface area (Å²) in [5.41, 5.74) is 0.351. The summed E-state index contributed by atoms with van der Waals surface area (Å²) in [6, 6.07) is 0.183. The van der Waals surface area contributed by atoms with Gasteiger partial charge in [0.2, 0.25) is 0 Å². The van der Waals surface area contributed by atoms with Crippen molar-refractivity contribution in [3.63, 3.8) is 0 Å². The molecule has 2 bridgehead atoms. The molecular formula is C15H20N4O3. The Hall–Kier alpha value is -1.92. The Morgan fingerprint density at radius 2 is 2.05 bits per heavy atom. The van der Waals surface area contributed by atoms with Crippen molar-refractivity contribution in [1.29, 1.82) is 0 Å². The van der Waals surface area contributed by atoms with E-state index < -0.39 is 11.9 Å². The van der Waals surface area contributed by atoms with Crippen molar-refractivity contribution in [2.45, 2.75) is 50.6 Å². The van der Waals surface area contributed by atoms with Gasteiger partial charge in [-0.25, -0.2) is 4.68 Å². The second-order valence-electron chi connectivity index (χ2n) is 6.82. The Bertz CT molecular complexity index is 610. The van der Waals surface area contributed by atoms with Crippen LogP contribution in [0.2, 0.25) is 0 Å². The molecule has 2 aliphatic carbocycles. The molecule has 2 saturated heterocycles. The molecule has 3 heterocycles. The van der Waals surface area contributed by atoms with Crippen LogP contribution < -0.4 is 0 Å². The Balaban J connectivity index is 1.54. The second-order valence-corrected chi connectivity index (χ2v) is 6.82. The highest BCUT2D eigenvalue weighted by Crippen LogP contribution is 2.40. The Kier molecular flexibility index (Phi) is 3.16. The predicted molar refractivity (Wildman–Crippen MR) is 76.2 cm³/mol. The van der Waals surface area contributed by atoms with Gasteiger partial charge in [0.15, 0.2) is 5.69 Å². The maximum Gasteiger partial charge on any atom is 0.308 e. The molecule has 1 aromatic rings. The van der Waals surface area contributed by atoms with Gasteiger partial charge in [0.1, 0.15) is 0 Å². The molecule has 2 aliphatic heterocycles. The summed E-state index contributed by atoms with van der Waals surface area (Å²) in [4.78, 5) is 25.9. The lowest BCUT2D eigenvalue weighted by molar-refractivity contribution is -0.148. The van der Waals surface area contributed by atoms with Gasteiger partial charge in [0.05, 0.1) is 18.2 Å². The number of amides is 1. The van der Waals surface area contributed by atoms with E-state index in [1.54, 1.807) is 15.8 Å². The Labute approximate surface area is 128 Å². The minimum absolute atomic E-state index is 0.161. The summed E-state index contributed by atoms with van der Waals surface area (Å²) in [5, 5.41) is 17.5. The summed E-state index contributed by atoms with van der Waals surface area (Å²) in [5.74, 6) is -1.08. The third-order valence-corrected chi connectivity index (χ3v) is 5.53. The first-order chi connectivity index (χ1) is 10.6. The van der Waals surface area contributed by atoms with Gasteiger partial charge in [0.25, 0.3) is 5.91 Å². The number of aliphatic carboxylic acids is 1. The first kappa shape index (κ1) is 13.7. The second kappa shape index (κ2) is 5.07. The van der Waals surface area contributed by atoms with Crippen molar-refractivity contribution < 1.29 is 14.7 Å². The number of hydrogen-bond donors (Lipinski definition) is 1. The summed E-state index contributed by atoms with van der Waals surface area (Å²) in [6.07, 6.45) is 7.60. The smallest absolute Gasteiger partial charge is 0.308 e. The largest absolute Gasteiger partial charge is 0.481 e. The van der Waals surface area contributed by atoms with Gasteiger partial charge in [-0.2, -0.15) is 0 Å². The number of piperidine rings is 2. The topological polar surface area (TPSA) is 88.3 Å². The highest BCUT2D eigenvalue weighted by atomic mass is 16.4. The van der Waals surface area contributed by atoms with Gasteiger partial charge in [0, 0.05) is 12.6 Å². The maximum absolute atomic E-state index is 12.7. The quantitative estimate of drug-likeness (QED) is 0.910. The lowest BCUT2D eigenvalue weighted by atomic mass is 9.72. The first-order valence-electron chi connectivity index (χ1n) is 8.09. The number of nitrogens with zero attached hydrogens (tertiary/aromatic N) is 4. The van der Waals surface area contributed by atoms with E-state index in [-0.39, 0.29) is 11.9 Å². The number of aromatic nitrogens is 3. The molecule has 0 radical (unpaired) electrons. The van der Waals surface area contributed by atoms with E-state index in [1.165, 1.54) is 6.42 Å². The zero-order valence-electron chi connectivity index (χ0n) is 12.4. The molecular weight excluding hydrogens is 284 g/mol. The summed E-state index contributed by atoms with van der Waals surface area (Å²) in [6.45, 7) is 0.656. The fourth-order valence-corrected chi connectivity index (χ4v) is 4.04. The van der Waals surface area contributed by atoms with Crippen molar-refractivity contribution in [3.05, 3.63) is 11.9 Å². The zero-order valence-corrected chi connectivity index (χ0v) is 12.4. The standard InChI is InChI=1S/C15H20N4O3/c20-14(12-8-19(17-16-12)10-2-1-3-10)18-7-9-4-5-13(18)11(6-9)15(21)22/h8-11,13H,1-7H2,(H,21,22)/t9-,11-,13+/m1/s1. The molecule has 0 unspecified atom stereocenters. The molecule has 3 atom stereocenters. The minimum atomic E-state index is -0.787. The molecule has 5 rings (SSSR count). The van der Waals surface area contributed by atoms with Gasteiger partial charge in [-0.05, 0) is 44.4 Å². The van der Waals surface area contributed by atoms with Crippen LogP contribution in [0.3, 0.4) is 0 Å². The van der Waals surface area contributed by atoms with Gasteiger partial charge in [-0.3, -0.25) is 9.59 Å². The lowest BCUT2D eigenvalue weighted by Crippen LogP contribution is -2.57. The number of rotatable bonds is 3. The molecule has 7 heteroatoms. The van der Waals surface area contributed by atoms with Crippen LogP contribution in [0.1, 0.15) is 55.1 Å². The van der Waals surface area contributed by atoms with E-state index in [2.05, 4.69) is 10.3 Å². The number of carboxylic acids is 1. The van der Waals surface area contributed by atoms with Crippen LogP contribution in [-0.4, -0.2) is 49.5 Å². The van der Waals surface area contributed by atoms with Crippen molar-refractivity contribution >= 4 is 11.9 Å². The van der Waals surface area contributed by atoms with E-state index >= 15 is 0 Å². The van der Waals surface area contributed by atoms with Crippen molar-refractivity contribution in [3.8, 4) is 0 Å². The SMILES string of the molecule is O=C(O)[C@@H]1C[C@H]2CC[C@@H]1N(C(=O)c1cn(C3CCC3)nn1)C2. The number of hydrogen-bond acceptors (Lipinski definition) is 4. The van der Waals surface area contributed by atoms with Gasteiger partial charge < -0.3 is 10.0 Å². The van der Waals surface area contributed by atoms with Crippen LogP contribution in [0.25, 0.3) is 0 Å². The summed E-state index contributed by atoms with van der Waals surface area (Å²) >= 11 is 0. The van der Waals surface area contributed by atoms with Gasteiger partial charge >= 0.3 is 5.97 Å². The van der Waals surface area contributed by atoms with Gasteiger partial charge in [-0.1, -0.05) is 5.21 Å². The highest BCUT2D eigenvalue weighted by molar-refractivity contribution is 5.92. The molecule has 4 aliphatic rings. The average molecular weight is 304 g/mol. The third kappa shape index (κ3) is 2.10. The maximum atomic E-state index is 12.7. The van der Waals surface area contributed by atoms with E-state index in [0.29, 0.717) is 30.6 Å². The molecule has 22 heavy (non-hydrogen) atoms. The zero-order chi connectivity index (χ0) is 15.3. The molecule has 4 fully saturated rings. The van der Waals surface area contributed by atoms with Crippen LogP contribution in [0.5, 0.6) is 0 Å². The first-order valence-corrected chi connectivity index (χ1v) is 8.09. The summed E-state index contributed by atoms with van der Waals surface area (Å²) < 4.78 is 1.79. The monoisotopic (exact) mass is 304 g/mol. The van der Waals surface area contributed by atoms with Gasteiger partial charge in [-0.15, -0.1) is 5.10 Å². The lowest BCUT2D eigenvalue weighted by Gasteiger charge is -2.48. The molecule has 1 aromatic heterocycles. The van der Waals surface area contributed by atoms with Crippen molar-refractivity contribution in [2.75, 3.05) is 6.54 Å². The summed E-state index contributed by atoms with van der Waals surface area (Å²) in [7, 11) is 0. The molecule has 7 nitrogen and oxygen atoms in total. The normalized spacial score (nSPS) is 31.1. The molecule has 1 N–H and O–H groups in total. The van der Waals surface area contributed by atoms with E-state index in [4.69, 9.17) is 0 Å². The molecule has 0 spiro atoms. The number of carbonyl (C=O) groups is 2. The number of carbonyl (C=O) groups excluding carboxylic acids is 1. The fraction of sp³-hybridized carbons (Fsp3) is 0.733. The number of fused-ring (bicyclic) bond motifs is 3. The average Bonchev–Trinajstić information content (AvgIpc) is 2.94. The van der Waals surface area contributed by atoms with E-state index in [9.17, 15) is 14.7 Å². The molecule has 118 valence electrons. The minimum Gasteiger partial charge on any atom is -0.481 e. The van der Waals surface area contributed by atoms with Crippen LogP contribution in [-0.2, 0) is 4.79 Å². The van der Waals surface area contributed by atoms with Crippen molar-refractivity contribution in [2.24, 2.45) is 11.8 Å². The Morgan fingerprint density at radius 3 is 2.68 bits per heavy atom. The van der Waals surface area contributed by atoms with E-state index in [1.807, 2.05) is 0 Å². The number of carboxylic acid groups (broad SMARTS) is 1. The van der Waals surface area contributed by atoms with Crippen LogP contribution >= 0.6 is 0 Å². The van der Waals surface area contributed by atoms with E-state index in [0.717, 1.165) is 25.7 Å².